The summed E-state index contributed by atoms with van der Waals surface area (Å²) < 4.78 is 0. The van der Waals surface area contributed by atoms with E-state index < -0.39 is 0 Å². The lowest BCUT2D eigenvalue weighted by Gasteiger charge is -2.20. The van der Waals surface area contributed by atoms with Crippen LogP contribution in [-0.4, -0.2) is 23.1 Å². The molecule has 0 aromatic heterocycles. The molecule has 18 heavy (non-hydrogen) atoms. The Hall–Kier alpha value is -1.25. The van der Waals surface area contributed by atoms with Gasteiger partial charge in [0.05, 0.1) is 0 Å². The minimum atomic E-state index is 0. The van der Waals surface area contributed by atoms with E-state index in [1.807, 2.05) is 18.2 Å². The summed E-state index contributed by atoms with van der Waals surface area (Å²) in [5, 5.41) is 12.4. The fourth-order valence-electron chi connectivity index (χ4n) is 2.16. The van der Waals surface area contributed by atoms with E-state index in [0.717, 1.165) is 30.6 Å². The lowest BCUT2D eigenvalue weighted by molar-refractivity contribution is 0.292. The van der Waals surface area contributed by atoms with Gasteiger partial charge in [0.2, 0.25) is 0 Å². The van der Waals surface area contributed by atoms with Crippen molar-refractivity contribution in [2.45, 2.75) is 20.4 Å². The molecule has 0 aliphatic heterocycles. The highest BCUT2D eigenvalue weighted by molar-refractivity contribution is 5.87. The number of hydrogen-bond donors (Lipinski definition) is 1. The van der Waals surface area contributed by atoms with Gasteiger partial charge in [-0.05, 0) is 29.9 Å². The summed E-state index contributed by atoms with van der Waals surface area (Å²) >= 11 is 0. The van der Waals surface area contributed by atoms with E-state index in [9.17, 15) is 5.11 Å². The number of fused-ring (bicyclic) bond motifs is 1. The first kappa shape index (κ1) is 14.8. The Morgan fingerprint density at radius 3 is 2.33 bits per heavy atom. The quantitative estimate of drug-likeness (QED) is 0.909. The number of halogens is 1. The number of hydrogen-bond acceptors (Lipinski definition) is 2. The molecule has 0 saturated heterocycles. The van der Waals surface area contributed by atoms with Crippen LogP contribution >= 0.6 is 12.4 Å². The zero-order valence-electron chi connectivity index (χ0n) is 10.9. The van der Waals surface area contributed by atoms with Crippen LogP contribution < -0.4 is 0 Å². The van der Waals surface area contributed by atoms with Crippen LogP contribution in [-0.2, 0) is 6.54 Å². The van der Waals surface area contributed by atoms with Crippen molar-refractivity contribution in [3.8, 4) is 5.75 Å². The Kier molecular flexibility index (Phi) is 5.45. The molecule has 0 saturated carbocycles. The predicted molar refractivity (Wildman–Crippen MR) is 79.5 cm³/mol. The third-order valence-corrected chi connectivity index (χ3v) is 3.29. The monoisotopic (exact) mass is 265 g/mol. The number of benzene rings is 2. The fraction of sp³-hybridized carbons (Fsp3) is 0.333. The minimum Gasteiger partial charge on any atom is -0.508 e. The summed E-state index contributed by atoms with van der Waals surface area (Å²) in [7, 11) is 0. The molecule has 1 N–H and O–H groups in total. The Morgan fingerprint density at radius 1 is 1.00 bits per heavy atom. The van der Waals surface area contributed by atoms with Gasteiger partial charge in [0.25, 0.3) is 0 Å². The molecule has 0 fully saturated rings. The van der Waals surface area contributed by atoms with Crippen molar-refractivity contribution in [2.24, 2.45) is 0 Å². The molecule has 2 aromatic carbocycles. The first-order chi connectivity index (χ1) is 8.26. The van der Waals surface area contributed by atoms with Gasteiger partial charge >= 0.3 is 0 Å². The zero-order valence-corrected chi connectivity index (χ0v) is 11.7. The van der Waals surface area contributed by atoms with Gasteiger partial charge in [0.15, 0.2) is 0 Å². The number of aromatic hydroxyl groups is 1. The van der Waals surface area contributed by atoms with Crippen molar-refractivity contribution >= 4 is 23.2 Å². The summed E-state index contributed by atoms with van der Waals surface area (Å²) in [4.78, 5) is 2.31. The Labute approximate surface area is 115 Å². The summed E-state index contributed by atoms with van der Waals surface area (Å²) in [6.45, 7) is 7.09. The molecule has 0 heterocycles. The van der Waals surface area contributed by atoms with Gasteiger partial charge < -0.3 is 5.11 Å². The average Bonchev–Trinajstić information content (AvgIpc) is 2.38. The third-order valence-electron chi connectivity index (χ3n) is 3.29. The second kappa shape index (κ2) is 6.62. The van der Waals surface area contributed by atoms with Crippen molar-refractivity contribution in [2.75, 3.05) is 13.1 Å². The van der Waals surface area contributed by atoms with Gasteiger partial charge in [-0.25, -0.2) is 0 Å². The van der Waals surface area contributed by atoms with Gasteiger partial charge in [-0.1, -0.05) is 44.2 Å². The van der Waals surface area contributed by atoms with Crippen LogP contribution in [0.5, 0.6) is 5.75 Å². The van der Waals surface area contributed by atoms with Crippen LogP contribution in [0.1, 0.15) is 19.4 Å². The largest absolute Gasteiger partial charge is 0.508 e. The van der Waals surface area contributed by atoms with Crippen LogP contribution in [0.2, 0.25) is 0 Å². The SMILES string of the molecule is CCN(CC)Cc1c(O)ccc2ccccc12.Cl. The first-order valence-corrected chi connectivity index (χ1v) is 6.18. The van der Waals surface area contributed by atoms with Crippen molar-refractivity contribution in [1.29, 1.82) is 0 Å². The van der Waals surface area contributed by atoms with E-state index in [2.05, 4.69) is 30.9 Å². The van der Waals surface area contributed by atoms with E-state index in [1.165, 1.54) is 5.39 Å². The maximum atomic E-state index is 10.0. The Bertz CT molecular complexity index is 509. The van der Waals surface area contributed by atoms with Gasteiger partial charge in [-0.3, -0.25) is 4.90 Å². The molecule has 0 amide bonds. The second-order valence-electron chi connectivity index (χ2n) is 4.25. The summed E-state index contributed by atoms with van der Waals surface area (Å²) in [6.07, 6.45) is 0. The molecule has 0 bridgehead atoms. The van der Waals surface area contributed by atoms with E-state index >= 15 is 0 Å². The van der Waals surface area contributed by atoms with Gasteiger partial charge in [0.1, 0.15) is 5.75 Å². The second-order valence-corrected chi connectivity index (χ2v) is 4.25. The van der Waals surface area contributed by atoms with Crippen LogP contribution in [0.3, 0.4) is 0 Å². The summed E-state index contributed by atoms with van der Waals surface area (Å²) in [5.41, 5.74) is 1.03. The van der Waals surface area contributed by atoms with Crippen molar-refractivity contribution in [3.05, 3.63) is 42.0 Å². The lowest BCUT2D eigenvalue weighted by Crippen LogP contribution is -2.22. The number of rotatable bonds is 4. The maximum Gasteiger partial charge on any atom is 0.120 e. The van der Waals surface area contributed by atoms with Crippen LogP contribution in [0, 0.1) is 0 Å². The highest BCUT2D eigenvalue weighted by Gasteiger charge is 2.09. The van der Waals surface area contributed by atoms with Crippen molar-refractivity contribution < 1.29 is 5.11 Å². The molecule has 3 heteroatoms. The molecule has 0 aliphatic carbocycles. The minimum absolute atomic E-state index is 0. The fourth-order valence-corrected chi connectivity index (χ4v) is 2.16. The van der Waals surface area contributed by atoms with Crippen LogP contribution in [0.4, 0.5) is 0 Å². The highest BCUT2D eigenvalue weighted by atomic mass is 35.5. The normalized spacial score (nSPS) is 10.6. The molecular formula is C15H20ClNO. The zero-order chi connectivity index (χ0) is 12.3. The molecule has 0 aliphatic rings. The Morgan fingerprint density at radius 2 is 1.67 bits per heavy atom. The summed E-state index contributed by atoms with van der Waals surface area (Å²) in [5.74, 6) is 0.399. The Balaban J connectivity index is 0.00000162. The topological polar surface area (TPSA) is 23.5 Å². The lowest BCUT2D eigenvalue weighted by atomic mass is 10.0. The maximum absolute atomic E-state index is 10.0. The highest BCUT2D eigenvalue weighted by Crippen LogP contribution is 2.28. The molecule has 2 aromatic rings. The standard InChI is InChI=1S/C15H19NO.ClH/c1-3-16(4-2)11-14-13-8-6-5-7-12(13)9-10-15(14)17;/h5-10,17H,3-4,11H2,1-2H3;1H. The van der Waals surface area contributed by atoms with E-state index in [0.29, 0.717) is 5.75 Å². The van der Waals surface area contributed by atoms with Gasteiger partial charge in [-0.2, -0.15) is 0 Å². The van der Waals surface area contributed by atoms with Crippen molar-refractivity contribution in [1.82, 2.24) is 4.90 Å². The van der Waals surface area contributed by atoms with Gasteiger partial charge in [-0.15, -0.1) is 12.4 Å². The van der Waals surface area contributed by atoms with E-state index in [-0.39, 0.29) is 12.4 Å². The van der Waals surface area contributed by atoms with E-state index in [1.54, 1.807) is 6.07 Å². The van der Waals surface area contributed by atoms with E-state index in [4.69, 9.17) is 0 Å². The number of phenolic OH excluding ortho intramolecular Hbond substituents is 1. The van der Waals surface area contributed by atoms with Crippen molar-refractivity contribution in [3.63, 3.8) is 0 Å². The molecule has 0 atom stereocenters. The molecule has 0 unspecified atom stereocenters. The molecule has 0 spiro atoms. The third kappa shape index (κ3) is 2.95. The smallest absolute Gasteiger partial charge is 0.120 e. The van der Waals surface area contributed by atoms with Crippen LogP contribution in [0.15, 0.2) is 36.4 Å². The first-order valence-electron chi connectivity index (χ1n) is 6.18. The molecule has 2 nitrogen and oxygen atoms in total. The average molecular weight is 266 g/mol. The van der Waals surface area contributed by atoms with Crippen LogP contribution in [0.25, 0.3) is 10.8 Å². The number of nitrogens with zero attached hydrogens (tertiary/aromatic N) is 1. The molecular weight excluding hydrogens is 246 g/mol. The predicted octanol–water partition coefficient (Wildman–Crippen LogP) is 3.81. The molecule has 98 valence electrons. The summed E-state index contributed by atoms with van der Waals surface area (Å²) in [6, 6.07) is 12.0. The molecule has 2 rings (SSSR count). The molecule has 0 radical (unpaired) electrons. The number of phenols is 1. The van der Waals surface area contributed by atoms with Gasteiger partial charge in [0, 0.05) is 12.1 Å².